The topological polar surface area (TPSA) is 96.2 Å². The SMILES string of the molecule is CCNC(=O)Cn1c(CO)cnc1SCC(=O)Nc1ccc(Cl)cc1. The van der Waals surface area contributed by atoms with E-state index in [4.69, 9.17) is 11.6 Å². The van der Waals surface area contributed by atoms with Crippen LogP contribution in [-0.2, 0) is 22.7 Å². The van der Waals surface area contributed by atoms with Crippen LogP contribution in [0.15, 0.2) is 35.6 Å². The van der Waals surface area contributed by atoms with Crippen molar-refractivity contribution < 1.29 is 14.7 Å². The number of carbonyl (C=O) groups excluding carboxylic acids is 2. The third kappa shape index (κ3) is 5.77. The minimum Gasteiger partial charge on any atom is -0.390 e. The molecule has 2 amide bonds. The number of halogens is 1. The van der Waals surface area contributed by atoms with E-state index in [9.17, 15) is 14.7 Å². The Morgan fingerprint density at radius 3 is 2.64 bits per heavy atom. The van der Waals surface area contributed by atoms with Crippen molar-refractivity contribution in [3.05, 3.63) is 41.2 Å². The van der Waals surface area contributed by atoms with E-state index < -0.39 is 0 Å². The maximum absolute atomic E-state index is 12.1. The summed E-state index contributed by atoms with van der Waals surface area (Å²) in [6.07, 6.45) is 1.50. The predicted octanol–water partition coefficient (Wildman–Crippen LogP) is 1.90. The Hall–Kier alpha value is -2.03. The molecule has 0 atom stereocenters. The molecule has 2 rings (SSSR count). The van der Waals surface area contributed by atoms with Gasteiger partial charge in [-0.2, -0.15) is 0 Å². The third-order valence-electron chi connectivity index (χ3n) is 3.20. The number of carbonyl (C=O) groups is 2. The molecule has 0 saturated carbocycles. The fourth-order valence-electron chi connectivity index (χ4n) is 2.06. The maximum atomic E-state index is 12.1. The van der Waals surface area contributed by atoms with Gasteiger partial charge in [-0.1, -0.05) is 23.4 Å². The lowest BCUT2D eigenvalue weighted by Crippen LogP contribution is -2.28. The first-order chi connectivity index (χ1) is 12.0. The second-order valence-corrected chi connectivity index (χ2v) is 6.45. The largest absolute Gasteiger partial charge is 0.390 e. The molecular formula is C16H19ClN4O3S. The second kappa shape index (κ2) is 9.45. The smallest absolute Gasteiger partial charge is 0.240 e. The summed E-state index contributed by atoms with van der Waals surface area (Å²) in [4.78, 5) is 28.0. The molecule has 25 heavy (non-hydrogen) atoms. The van der Waals surface area contributed by atoms with E-state index in [1.54, 1.807) is 28.8 Å². The van der Waals surface area contributed by atoms with Crippen LogP contribution in [0.25, 0.3) is 0 Å². The first kappa shape index (κ1) is 19.3. The normalized spacial score (nSPS) is 10.5. The molecule has 0 unspecified atom stereocenters. The Balaban J connectivity index is 1.97. The van der Waals surface area contributed by atoms with Gasteiger partial charge in [0, 0.05) is 17.3 Å². The van der Waals surface area contributed by atoms with Gasteiger partial charge in [0.25, 0.3) is 0 Å². The molecule has 7 nitrogen and oxygen atoms in total. The van der Waals surface area contributed by atoms with Crippen molar-refractivity contribution >= 4 is 40.9 Å². The van der Waals surface area contributed by atoms with Crippen LogP contribution < -0.4 is 10.6 Å². The highest BCUT2D eigenvalue weighted by molar-refractivity contribution is 7.99. The molecule has 0 spiro atoms. The lowest BCUT2D eigenvalue weighted by molar-refractivity contribution is -0.121. The second-order valence-electron chi connectivity index (χ2n) is 5.07. The third-order valence-corrected chi connectivity index (χ3v) is 4.44. The van der Waals surface area contributed by atoms with Crippen LogP contribution >= 0.6 is 23.4 Å². The first-order valence-corrected chi connectivity index (χ1v) is 9.00. The number of aliphatic hydroxyl groups is 1. The highest BCUT2D eigenvalue weighted by Crippen LogP contribution is 2.20. The molecule has 0 aliphatic carbocycles. The number of hydrogen-bond acceptors (Lipinski definition) is 5. The van der Waals surface area contributed by atoms with Gasteiger partial charge >= 0.3 is 0 Å². The molecule has 0 fully saturated rings. The molecule has 1 heterocycles. The number of likely N-dealkylation sites (N-methyl/N-ethyl adjacent to an activating group) is 1. The fraction of sp³-hybridized carbons (Fsp3) is 0.312. The van der Waals surface area contributed by atoms with Gasteiger partial charge < -0.3 is 20.3 Å². The van der Waals surface area contributed by atoms with Gasteiger partial charge in [0.15, 0.2) is 5.16 Å². The van der Waals surface area contributed by atoms with Crippen molar-refractivity contribution in [1.82, 2.24) is 14.9 Å². The van der Waals surface area contributed by atoms with Crippen LogP contribution in [0.3, 0.4) is 0 Å². The number of rotatable bonds is 8. The summed E-state index contributed by atoms with van der Waals surface area (Å²) in [5, 5.41) is 15.9. The van der Waals surface area contributed by atoms with Crippen LogP contribution in [0.4, 0.5) is 5.69 Å². The van der Waals surface area contributed by atoms with Crippen LogP contribution in [-0.4, -0.2) is 38.8 Å². The molecule has 0 aliphatic rings. The molecule has 0 saturated heterocycles. The van der Waals surface area contributed by atoms with Crippen molar-refractivity contribution in [1.29, 1.82) is 0 Å². The van der Waals surface area contributed by atoms with Gasteiger partial charge in [-0.3, -0.25) is 9.59 Å². The number of benzene rings is 1. The van der Waals surface area contributed by atoms with E-state index in [1.165, 1.54) is 18.0 Å². The molecule has 0 radical (unpaired) electrons. The molecule has 1 aromatic carbocycles. The number of aromatic nitrogens is 2. The molecule has 2 aromatic rings. The Bertz CT molecular complexity index is 733. The van der Waals surface area contributed by atoms with Crippen LogP contribution in [0.1, 0.15) is 12.6 Å². The van der Waals surface area contributed by atoms with Gasteiger partial charge in [-0.05, 0) is 31.2 Å². The Kier molecular flexibility index (Phi) is 7.30. The highest BCUT2D eigenvalue weighted by Gasteiger charge is 2.14. The number of nitrogens with zero attached hydrogens (tertiary/aromatic N) is 2. The van der Waals surface area contributed by atoms with Gasteiger partial charge in [0.2, 0.25) is 11.8 Å². The Labute approximate surface area is 154 Å². The van der Waals surface area contributed by atoms with Gasteiger partial charge in [0.05, 0.1) is 24.3 Å². The lowest BCUT2D eigenvalue weighted by atomic mass is 10.3. The Morgan fingerprint density at radius 1 is 1.28 bits per heavy atom. The number of imidazole rings is 1. The van der Waals surface area contributed by atoms with E-state index in [1.807, 2.05) is 6.92 Å². The zero-order valence-electron chi connectivity index (χ0n) is 13.7. The van der Waals surface area contributed by atoms with Gasteiger partial charge in [-0.25, -0.2) is 4.98 Å². The minimum absolute atomic E-state index is 0.0465. The molecule has 134 valence electrons. The zero-order valence-corrected chi connectivity index (χ0v) is 15.2. The molecule has 3 N–H and O–H groups in total. The van der Waals surface area contributed by atoms with Crippen LogP contribution in [0.2, 0.25) is 5.02 Å². The summed E-state index contributed by atoms with van der Waals surface area (Å²) in [5.74, 6) is -0.256. The zero-order chi connectivity index (χ0) is 18.2. The van der Waals surface area contributed by atoms with Crippen LogP contribution in [0, 0.1) is 0 Å². The predicted molar refractivity (Wildman–Crippen MR) is 97.6 cm³/mol. The summed E-state index contributed by atoms with van der Waals surface area (Å²) in [6, 6.07) is 6.81. The molecule has 0 bridgehead atoms. The monoisotopic (exact) mass is 382 g/mol. The number of nitrogens with one attached hydrogen (secondary N) is 2. The summed E-state index contributed by atoms with van der Waals surface area (Å²) < 4.78 is 1.60. The number of hydrogen-bond donors (Lipinski definition) is 3. The number of aliphatic hydroxyl groups excluding tert-OH is 1. The van der Waals surface area contributed by atoms with Crippen molar-refractivity contribution in [3.63, 3.8) is 0 Å². The van der Waals surface area contributed by atoms with Crippen molar-refractivity contribution in [2.24, 2.45) is 0 Å². The average molecular weight is 383 g/mol. The highest BCUT2D eigenvalue weighted by atomic mass is 35.5. The lowest BCUT2D eigenvalue weighted by Gasteiger charge is -2.10. The molecular weight excluding hydrogens is 364 g/mol. The minimum atomic E-state index is -0.232. The van der Waals surface area contributed by atoms with Gasteiger partial charge in [-0.15, -0.1) is 0 Å². The number of amides is 2. The standard InChI is InChI=1S/C16H19ClN4O3S/c1-2-18-14(23)8-21-13(9-22)7-19-16(21)25-10-15(24)20-12-5-3-11(17)4-6-12/h3-7,22H,2,8-10H2,1H3,(H,18,23)(H,20,24). The van der Waals surface area contributed by atoms with Crippen molar-refractivity contribution in [2.45, 2.75) is 25.2 Å². The average Bonchev–Trinajstić information content (AvgIpc) is 2.97. The first-order valence-electron chi connectivity index (χ1n) is 7.63. The summed E-state index contributed by atoms with van der Waals surface area (Å²) in [5.41, 5.74) is 1.17. The van der Waals surface area contributed by atoms with Crippen molar-refractivity contribution in [3.8, 4) is 0 Å². The Morgan fingerprint density at radius 2 is 2.00 bits per heavy atom. The number of anilines is 1. The molecule has 9 heteroatoms. The summed E-state index contributed by atoms with van der Waals surface area (Å²) >= 11 is 7.00. The van der Waals surface area contributed by atoms with E-state index in [0.717, 1.165) is 0 Å². The van der Waals surface area contributed by atoms with Gasteiger partial charge in [0.1, 0.15) is 6.54 Å². The molecule has 0 aliphatic heterocycles. The van der Waals surface area contributed by atoms with E-state index in [2.05, 4.69) is 15.6 Å². The summed E-state index contributed by atoms with van der Waals surface area (Å²) in [6.45, 7) is 2.16. The maximum Gasteiger partial charge on any atom is 0.240 e. The van der Waals surface area contributed by atoms with Crippen molar-refractivity contribution in [2.75, 3.05) is 17.6 Å². The summed E-state index contributed by atoms with van der Waals surface area (Å²) in [7, 11) is 0. The quantitative estimate of drug-likeness (QED) is 0.606. The molecule has 1 aromatic heterocycles. The van der Waals surface area contributed by atoms with E-state index in [0.29, 0.717) is 28.1 Å². The van der Waals surface area contributed by atoms with E-state index >= 15 is 0 Å². The fourth-order valence-corrected chi connectivity index (χ4v) is 2.98. The van der Waals surface area contributed by atoms with E-state index in [-0.39, 0.29) is 30.7 Å². The number of thioether (sulfide) groups is 1. The van der Waals surface area contributed by atoms with Crippen LogP contribution in [0.5, 0.6) is 0 Å².